The fraction of sp³-hybridized carbons (Fsp3) is 0.250. The van der Waals surface area contributed by atoms with E-state index in [4.69, 9.17) is 0 Å². The van der Waals surface area contributed by atoms with Gasteiger partial charge in [0.25, 0.3) is 0 Å². The Bertz CT molecular complexity index is 202. The molecule has 0 saturated heterocycles. The molecule has 2 N–H and O–H groups in total. The molecule has 0 unspecified atom stereocenters. The predicted octanol–water partition coefficient (Wildman–Crippen LogP) is -1.66. The van der Waals surface area contributed by atoms with E-state index in [0.717, 1.165) is 0 Å². The highest BCUT2D eigenvalue weighted by atomic mass is 16.2. The molecule has 1 aliphatic rings. The van der Waals surface area contributed by atoms with Gasteiger partial charge < -0.3 is 5.32 Å². The predicted molar refractivity (Wildman–Crippen MR) is 35.7 cm³/mol. The molecule has 1 aromatic heterocycles. The van der Waals surface area contributed by atoms with E-state index >= 15 is 0 Å². The minimum Gasteiger partial charge on any atom is -0.316 e. The summed E-state index contributed by atoms with van der Waals surface area (Å²) in [7, 11) is 0. The highest BCUT2D eigenvalue weighted by Gasteiger charge is 1.98. The van der Waals surface area contributed by atoms with Crippen molar-refractivity contribution in [3.05, 3.63) is 6.33 Å². The van der Waals surface area contributed by atoms with Crippen molar-refractivity contribution in [3.8, 4) is 0 Å². The molecule has 2 rings (SSSR count). The van der Waals surface area contributed by atoms with Crippen LogP contribution in [0.3, 0.4) is 0 Å². The molecular weight excluding hydrogens is 148 g/mol. The Morgan fingerprint density at radius 1 is 1.55 bits per heavy atom. The van der Waals surface area contributed by atoms with Gasteiger partial charge in [0.05, 0.1) is 6.34 Å². The van der Waals surface area contributed by atoms with Gasteiger partial charge >= 0.3 is 0 Å². The monoisotopic (exact) mass is 154 g/mol. The molecular formula is C4H6N6O. The quantitative estimate of drug-likeness (QED) is 0.467. The summed E-state index contributed by atoms with van der Waals surface area (Å²) in [6, 6.07) is 0. The number of nitrogens with zero attached hydrogens (tertiary/aromatic N) is 4. The third kappa shape index (κ3) is 3.04. The van der Waals surface area contributed by atoms with Gasteiger partial charge in [-0.1, -0.05) is 5.21 Å². The zero-order valence-electron chi connectivity index (χ0n) is 5.56. The third-order valence-corrected chi connectivity index (χ3v) is 0.821. The molecule has 0 radical (unpaired) electrons. The fourth-order valence-electron chi connectivity index (χ4n) is 0.421. The summed E-state index contributed by atoms with van der Waals surface area (Å²) < 4.78 is 0. The van der Waals surface area contributed by atoms with Crippen molar-refractivity contribution in [1.29, 1.82) is 0 Å². The van der Waals surface area contributed by atoms with E-state index in [1.165, 1.54) is 12.7 Å². The molecule has 2 heterocycles. The molecule has 11 heavy (non-hydrogen) atoms. The van der Waals surface area contributed by atoms with Gasteiger partial charge in [0.1, 0.15) is 6.54 Å². The standard InChI is InChI=1S/C3H4N2O.CH2N4/c6-3-1-4-2-5-3;1-2-4-5-3-1/h2H,1H2,(H,4,5,6);1H,(H,2,3,4,5). The maximum Gasteiger partial charge on any atom is 0.246 e. The number of hydrogen-bond donors (Lipinski definition) is 2. The Hall–Kier alpha value is -1.79. The molecule has 0 aliphatic carbocycles. The molecule has 0 aromatic carbocycles. The first-order valence-corrected chi connectivity index (χ1v) is 2.83. The Morgan fingerprint density at radius 3 is 2.64 bits per heavy atom. The Balaban J connectivity index is 0.000000112. The van der Waals surface area contributed by atoms with Crippen LogP contribution in [0.1, 0.15) is 0 Å². The van der Waals surface area contributed by atoms with Crippen molar-refractivity contribution >= 4 is 12.2 Å². The highest BCUT2D eigenvalue weighted by molar-refractivity contribution is 5.93. The summed E-state index contributed by atoms with van der Waals surface area (Å²) in [6.07, 6.45) is 2.74. The van der Waals surface area contributed by atoms with Crippen LogP contribution < -0.4 is 5.32 Å². The average molecular weight is 154 g/mol. The number of carbonyl (C=O) groups is 1. The number of nitrogens with one attached hydrogen (secondary N) is 2. The molecule has 0 bridgehead atoms. The number of rotatable bonds is 0. The minimum atomic E-state index is -0.0185. The molecule has 0 atom stereocenters. The lowest BCUT2D eigenvalue weighted by Gasteiger charge is -1.76. The largest absolute Gasteiger partial charge is 0.316 e. The molecule has 7 heteroatoms. The van der Waals surface area contributed by atoms with Gasteiger partial charge in [0.15, 0.2) is 6.33 Å². The number of aromatic amines is 1. The van der Waals surface area contributed by atoms with Crippen LogP contribution in [0.2, 0.25) is 0 Å². The van der Waals surface area contributed by atoms with Crippen molar-refractivity contribution in [2.45, 2.75) is 0 Å². The van der Waals surface area contributed by atoms with E-state index in [9.17, 15) is 4.79 Å². The van der Waals surface area contributed by atoms with Crippen LogP contribution in [-0.2, 0) is 4.79 Å². The maximum atomic E-state index is 10.0. The van der Waals surface area contributed by atoms with Gasteiger partial charge in [-0.25, -0.2) is 0 Å². The first-order chi connectivity index (χ1) is 5.39. The lowest BCUT2D eigenvalue weighted by Crippen LogP contribution is -2.15. The Labute approximate surface area is 61.9 Å². The number of aromatic nitrogens is 4. The van der Waals surface area contributed by atoms with Crippen LogP contribution in [0, 0.1) is 0 Å². The van der Waals surface area contributed by atoms with E-state index in [0.29, 0.717) is 6.54 Å². The number of carbonyl (C=O) groups excluding carboxylic acids is 1. The fourth-order valence-corrected chi connectivity index (χ4v) is 0.421. The van der Waals surface area contributed by atoms with E-state index in [-0.39, 0.29) is 5.91 Å². The highest BCUT2D eigenvalue weighted by Crippen LogP contribution is 1.73. The lowest BCUT2D eigenvalue weighted by atomic mass is 10.7. The number of tetrazole rings is 1. The van der Waals surface area contributed by atoms with Crippen molar-refractivity contribution in [3.63, 3.8) is 0 Å². The van der Waals surface area contributed by atoms with Crippen LogP contribution >= 0.6 is 0 Å². The summed E-state index contributed by atoms with van der Waals surface area (Å²) in [5.74, 6) is -0.0185. The zero-order valence-corrected chi connectivity index (χ0v) is 5.56. The summed E-state index contributed by atoms with van der Waals surface area (Å²) in [4.78, 5) is 13.6. The van der Waals surface area contributed by atoms with Gasteiger partial charge in [-0.05, 0) is 0 Å². The second-order valence-electron chi connectivity index (χ2n) is 1.60. The smallest absolute Gasteiger partial charge is 0.246 e. The summed E-state index contributed by atoms with van der Waals surface area (Å²) in [5.41, 5.74) is 0. The van der Waals surface area contributed by atoms with Crippen LogP contribution in [0.5, 0.6) is 0 Å². The summed E-state index contributed by atoms with van der Waals surface area (Å²) in [6.45, 7) is 0.306. The number of amides is 1. The number of hydrogen-bond acceptors (Lipinski definition) is 5. The zero-order chi connectivity index (χ0) is 7.94. The molecule has 1 aromatic rings. The topological polar surface area (TPSA) is 95.9 Å². The number of aliphatic imine (C=N–C) groups is 1. The van der Waals surface area contributed by atoms with E-state index in [1.54, 1.807) is 0 Å². The van der Waals surface area contributed by atoms with E-state index in [2.05, 4.69) is 30.9 Å². The number of H-pyrrole nitrogens is 1. The van der Waals surface area contributed by atoms with Crippen LogP contribution in [-0.4, -0.2) is 39.4 Å². The average Bonchev–Trinajstić information content (AvgIpc) is 2.57. The summed E-state index contributed by atoms with van der Waals surface area (Å²) in [5, 5.41) is 14.6. The Kier molecular flexibility index (Phi) is 2.72. The second-order valence-corrected chi connectivity index (χ2v) is 1.60. The maximum absolute atomic E-state index is 10.0. The molecule has 0 saturated carbocycles. The van der Waals surface area contributed by atoms with Gasteiger partial charge in [-0.15, -0.1) is 10.2 Å². The Morgan fingerprint density at radius 2 is 2.45 bits per heavy atom. The van der Waals surface area contributed by atoms with Crippen LogP contribution in [0.25, 0.3) is 0 Å². The first-order valence-electron chi connectivity index (χ1n) is 2.83. The first kappa shape index (κ1) is 7.32. The summed E-state index contributed by atoms with van der Waals surface area (Å²) >= 11 is 0. The van der Waals surface area contributed by atoms with Gasteiger partial charge in [0, 0.05) is 0 Å². The van der Waals surface area contributed by atoms with Crippen molar-refractivity contribution < 1.29 is 4.79 Å². The van der Waals surface area contributed by atoms with Crippen molar-refractivity contribution in [2.24, 2.45) is 4.99 Å². The molecule has 58 valence electrons. The van der Waals surface area contributed by atoms with Gasteiger partial charge in [-0.3, -0.25) is 9.79 Å². The van der Waals surface area contributed by atoms with Crippen LogP contribution in [0.4, 0.5) is 0 Å². The molecule has 7 nitrogen and oxygen atoms in total. The molecule has 1 aliphatic heterocycles. The van der Waals surface area contributed by atoms with E-state index < -0.39 is 0 Å². The van der Waals surface area contributed by atoms with Gasteiger partial charge in [0.2, 0.25) is 5.91 Å². The lowest BCUT2D eigenvalue weighted by molar-refractivity contribution is -0.117. The minimum absolute atomic E-state index is 0.0185. The van der Waals surface area contributed by atoms with Crippen molar-refractivity contribution in [2.75, 3.05) is 6.54 Å². The molecule has 1 amide bonds. The van der Waals surface area contributed by atoms with E-state index in [1.807, 2.05) is 0 Å². The van der Waals surface area contributed by atoms with Gasteiger partial charge in [-0.2, -0.15) is 5.21 Å². The second kappa shape index (κ2) is 4.09. The normalized spacial score (nSPS) is 13.6. The third-order valence-electron chi connectivity index (χ3n) is 0.821. The van der Waals surface area contributed by atoms with Crippen LogP contribution in [0.15, 0.2) is 11.3 Å². The molecule has 0 fully saturated rings. The SMILES string of the molecule is O=C1CN=CN1.c1nn[nH]n1. The molecule has 0 spiro atoms. The van der Waals surface area contributed by atoms with Crippen molar-refractivity contribution in [1.82, 2.24) is 25.9 Å².